The number of aromatic nitrogens is 1. The maximum atomic E-state index is 11.2. The van der Waals surface area contributed by atoms with Gasteiger partial charge in [0.2, 0.25) is 0 Å². The van der Waals surface area contributed by atoms with Crippen LogP contribution >= 0.6 is 11.3 Å². The van der Waals surface area contributed by atoms with Gasteiger partial charge in [-0.15, -0.1) is 11.3 Å². The number of hydrogen-bond acceptors (Lipinski definition) is 6. The first-order valence-electron chi connectivity index (χ1n) is 8.62. The lowest BCUT2D eigenvalue weighted by Crippen LogP contribution is -2.32. The molecule has 7 heteroatoms. The van der Waals surface area contributed by atoms with Crippen LogP contribution in [0.4, 0.5) is 0 Å². The first-order chi connectivity index (χ1) is 12.5. The predicted octanol–water partition coefficient (Wildman–Crippen LogP) is 2.48. The van der Waals surface area contributed by atoms with Gasteiger partial charge in [0.15, 0.2) is 6.61 Å². The second kappa shape index (κ2) is 10.3. The third-order valence-corrected chi connectivity index (χ3v) is 4.81. The fourth-order valence-corrected chi connectivity index (χ4v) is 3.17. The summed E-state index contributed by atoms with van der Waals surface area (Å²) in [6.07, 6.45) is 0.852. The minimum atomic E-state index is -0.144. The monoisotopic (exact) mass is 377 g/mol. The Morgan fingerprint density at radius 3 is 2.62 bits per heavy atom. The van der Waals surface area contributed by atoms with Gasteiger partial charge in [-0.3, -0.25) is 4.79 Å². The number of amides is 1. The van der Waals surface area contributed by atoms with Gasteiger partial charge < -0.3 is 20.1 Å². The lowest BCUT2D eigenvalue weighted by Gasteiger charge is -2.19. The van der Waals surface area contributed by atoms with Crippen LogP contribution in [0.15, 0.2) is 29.6 Å². The van der Waals surface area contributed by atoms with Crippen molar-refractivity contribution < 1.29 is 14.3 Å². The van der Waals surface area contributed by atoms with Gasteiger partial charge >= 0.3 is 0 Å². The molecule has 26 heavy (non-hydrogen) atoms. The molecule has 2 N–H and O–H groups in total. The third kappa shape index (κ3) is 6.40. The second-order valence-electron chi connectivity index (χ2n) is 6.13. The fourth-order valence-electron chi connectivity index (χ4n) is 2.51. The molecule has 1 amide bonds. The molecule has 2 unspecified atom stereocenters. The summed E-state index contributed by atoms with van der Waals surface area (Å²) in [5.41, 5.74) is 2.18. The maximum Gasteiger partial charge on any atom is 0.257 e. The lowest BCUT2D eigenvalue weighted by atomic mass is 10.1. The normalized spacial score (nSPS) is 13.2. The Hall–Kier alpha value is -1.96. The van der Waals surface area contributed by atoms with E-state index in [1.807, 2.05) is 36.6 Å². The van der Waals surface area contributed by atoms with Crippen LogP contribution in [0.2, 0.25) is 0 Å². The average molecular weight is 378 g/mol. The zero-order valence-electron chi connectivity index (χ0n) is 15.7. The molecular weight excluding hydrogens is 350 g/mol. The van der Waals surface area contributed by atoms with Gasteiger partial charge in [-0.2, -0.15) is 0 Å². The van der Waals surface area contributed by atoms with E-state index in [2.05, 4.69) is 22.5 Å². The average Bonchev–Trinajstić information content (AvgIpc) is 3.07. The summed E-state index contributed by atoms with van der Waals surface area (Å²) in [5, 5.41) is 9.13. The van der Waals surface area contributed by atoms with E-state index in [0.29, 0.717) is 18.3 Å². The molecule has 2 atom stereocenters. The largest absolute Gasteiger partial charge is 0.484 e. The Balaban J connectivity index is 1.79. The zero-order valence-corrected chi connectivity index (χ0v) is 16.6. The van der Waals surface area contributed by atoms with E-state index >= 15 is 0 Å². The molecule has 0 aliphatic rings. The van der Waals surface area contributed by atoms with Crippen LogP contribution in [0, 0.1) is 6.92 Å². The number of likely N-dealkylation sites (N-methyl/N-ethyl adjacent to an activating group) is 1. The number of methoxy groups -OCH3 is 1. The molecule has 0 bridgehead atoms. The van der Waals surface area contributed by atoms with Crippen molar-refractivity contribution in [3.05, 3.63) is 45.9 Å². The number of carbonyl (C=O) groups is 1. The first-order valence-corrected chi connectivity index (χ1v) is 9.50. The van der Waals surface area contributed by atoms with Gasteiger partial charge in [0.1, 0.15) is 11.9 Å². The summed E-state index contributed by atoms with van der Waals surface area (Å²) >= 11 is 1.64. The smallest absolute Gasteiger partial charge is 0.257 e. The summed E-state index contributed by atoms with van der Waals surface area (Å²) in [7, 11) is 3.30. The number of aryl methyl sites for hydroxylation is 1. The maximum absolute atomic E-state index is 11.2. The molecule has 0 spiro atoms. The fraction of sp³-hybridized carbons (Fsp3) is 0.474. The van der Waals surface area contributed by atoms with Crippen LogP contribution in [-0.4, -0.2) is 44.2 Å². The van der Waals surface area contributed by atoms with Crippen molar-refractivity contribution >= 4 is 17.2 Å². The highest BCUT2D eigenvalue weighted by Gasteiger charge is 2.15. The summed E-state index contributed by atoms with van der Waals surface area (Å²) in [4.78, 5) is 15.7. The Bertz CT molecular complexity index is 688. The molecule has 0 radical (unpaired) electrons. The molecule has 0 saturated carbocycles. The summed E-state index contributed by atoms with van der Waals surface area (Å²) in [5.74, 6) is 0.547. The van der Waals surface area contributed by atoms with Crippen molar-refractivity contribution in [1.29, 1.82) is 0 Å². The molecule has 0 aliphatic heterocycles. The van der Waals surface area contributed by atoms with Crippen molar-refractivity contribution in [3.63, 3.8) is 0 Å². The number of nitrogens with zero attached hydrogens (tertiary/aromatic N) is 1. The van der Waals surface area contributed by atoms with Crippen LogP contribution in [0.1, 0.15) is 29.3 Å². The predicted molar refractivity (Wildman–Crippen MR) is 104 cm³/mol. The molecule has 0 fully saturated rings. The quantitative estimate of drug-likeness (QED) is 0.666. The Labute approximate surface area is 158 Å². The van der Waals surface area contributed by atoms with Crippen molar-refractivity contribution in [2.75, 3.05) is 27.3 Å². The highest BCUT2D eigenvalue weighted by Crippen LogP contribution is 2.19. The third-order valence-electron chi connectivity index (χ3n) is 4.02. The Morgan fingerprint density at radius 2 is 2.04 bits per heavy atom. The standard InChI is InChI=1S/C19H27N3O3S/c1-13(21-10-18(24-4)17-12-26-14(2)22-17)9-15-5-7-16(8-6-15)25-11-19(23)20-3/h5-8,12-13,18,21H,9-11H2,1-4H3,(H,20,23). The number of thiazole rings is 1. The van der Waals surface area contributed by atoms with Gasteiger partial charge in [0, 0.05) is 32.1 Å². The van der Waals surface area contributed by atoms with E-state index < -0.39 is 0 Å². The molecule has 142 valence electrons. The van der Waals surface area contributed by atoms with Crippen molar-refractivity contribution in [3.8, 4) is 5.75 Å². The number of carbonyl (C=O) groups excluding carboxylic acids is 1. The van der Waals surface area contributed by atoms with Crippen molar-refractivity contribution in [2.24, 2.45) is 0 Å². The number of rotatable bonds is 10. The number of benzene rings is 1. The first kappa shape index (κ1) is 20.4. The Morgan fingerprint density at radius 1 is 1.31 bits per heavy atom. The van der Waals surface area contributed by atoms with Gasteiger partial charge in [-0.1, -0.05) is 12.1 Å². The van der Waals surface area contributed by atoms with Crippen molar-refractivity contribution in [2.45, 2.75) is 32.4 Å². The molecule has 6 nitrogen and oxygen atoms in total. The number of hydrogen-bond donors (Lipinski definition) is 2. The van der Waals surface area contributed by atoms with E-state index in [9.17, 15) is 4.79 Å². The van der Waals surface area contributed by atoms with Crippen LogP contribution in [-0.2, 0) is 16.0 Å². The topological polar surface area (TPSA) is 72.5 Å². The second-order valence-corrected chi connectivity index (χ2v) is 7.20. The number of ether oxygens (including phenoxy) is 2. The van der Waals surface area contributed by atoms with E-state index in [1.54, 1.807) is 25.5 Å². The van der Waals surface area contributed by atoms with Gasteiger partial charge in [0.05, 0.1) is 10.7 Å². The molecule has 1 heterocycles. The van der Waals surface area contributed by atoms with Crippen LogP contribution in [0.5, 0.6) is 5.75 Å². The molecule has 0 saturated heterocycles. The molecule has 2 rings (SSSR count). The molecular formula is C19H27N3O3S. The lowest BCUT2D eigenvalue weighted by molar-refractivity contribution is -0.122. The highest BCUT2D eigenvalue weighted by atomic mass is 32.1. The highest BCUT2D eigenvalue weighted by molar-refractivity contribution is 7.09. The number of nitrogens with one attached hydrogen (secondary N) is 2. The van der Waals surface area contributed by atoms with E-state index in [4.69, 9.17) is 9.47 Å². The Kier molecular flexibility index (Phi) is 8.03. The summed E-state index contributed by atoms with van der Waals surface area (Å²) < 4.78 is 11.0. The van der Waals surface area contributed by atoms with Gasteiger partial charge in [-0.05, 0) is 38.0 Å². The SMILES string of the molecule is CNC(=O)COc1ccc(CC(C)NCC(OC)c2csc(C)n2)cc1. The summed E-state index contributed by atoms with van der Waals surface area (Å²) in [6.45, 7) is 4.89. The molecule has 1 aromatic heterocycles. The van der Waals surface area contributed by atoms with Gasteiger partial charge in [0.25, 0.3) is 5.91 Å². The summed E-state index contributed by atoms with van der Waals surface area (Å²) in [6, 6.07) is 8.12. The van der Waals surface area contributed by atoms with E-state index in [-0.39, 0.29) is 18.6 Å². The molecule has 1 aromatic carbocycles. The van der Waals surface area contributed by atoms with E-state index in [0.717, 1.165) is 17.1 Å². The van der Waals surface area contributed by atoms with Crippen LogP contribution < -0.4 is 15.4 Å². The molecule has 0 aliphatic carbocycles. The zero-order chi connectivity index (χ0) is 18.9. The van der Waals surface area contributed by atoms with E-state index in [1.165, 1.54) is 5.56 Å². The van der Waals surface area contributed by atoms with Crippen LogP contribution in [0.25, 0.3) is 0 Å². The minimum Gasteiger partial charge on any atom is -0.484 e. The van der Waals surface area contributed by atoms with Crippen LogP contribution in [0.3, 0.4) is 0 Å². The van der Waals surface area contributed by atoms with Crippen molar-refractivity contribution in [1.82, 2.24) is 15.6 Å². The molecule has 2 aromatic rings. The van der Waals surface area contributed by atoms with Gasteiger partial charge in [-0.25, -0.2) is 4.98 Å². The minimum absolute atomic E-state index is 0.0301.